The van der Waals surface area contributed by atoms with E-state index in [4.69, 9.17) is 5.73 Å². The lowest BCUT2D eigenvalue weighted by Gasteiger charge is -2.28. The molecular formula is C11H13FN2O. The number of amides is 1. The lowest BCUT2D eigenvalue weighted by molar-refractivity contribution is -0.129. The molecule has 0 atom stereocenters. The Morgan fingerprint density at radius 3 is 2.93 bits per heavy atom. The van der Waals surface area contributed by atoms with E-state index in [0.29, 0.717) is 19.5 Å². The van der Waals surface area contributed by atoms with Gasteiger partial charge in [0.2, 0.25) is 5.91 Å². The predicted molar refractivity (Wildman–Crippen MR) is 55.6 cm³/mol. The Hall–Kier alpha value is -1.58. The molecule has 0 aliphatic carbocycles. The number of nitrogens with zero attached hydrogens (tertiary/aromatic N) is 1. The summed E-state index contributed by atoms with van der Waals surface area (Å²) in [4.78, 5) is 12.9. The summed E-state index contributed by atoms with van der Waals surface area (Å²) in [6, 6.07) is 3.06. The number of benzene rings is 1. The van der Waals surface area contributed by atoms with Gasteiger partial charge >= 0.3 is 0 Å². The number of fused-ring (bicyclic) bond motifs is 1. The van der Waals surface area contributed by atoms with Gasteiger partial charge in [-0.3, -0.25) is 4.79 Å². The fourth-order valence-electron chi connectivity index (χ4n) is 1.92. The molecule has 0 saturated heterocycles. The number of anilines is 1. The quantitative estimate of drug-likeness (QED) is 0.653. The monoisotopic (exact) mass is 208 g/mol. The van der Waals surface area contributed by atoms with E-state index in [9.17, 15) is 9.18 Å². The second-order valence-corrected chi connectivity index (χ2v) is 3.79. The van der Waals surface area contributed by atoms with E-state index in [0.717, 1.165) is 11.1 Å². The van der Waals surface area contributed by atoms with Crippen molar-refractivity contribution in [3.63, 3.8) is 0 Å². The van der Waals surface area contributed by atoms with E-state index >= 15 is 0 Å². The summed E-state index contributed by atoms with van der Waals surface area (Å²) in [5.74, 6) is -0.325. The fourth-order valence-corrected chi connectivity index (χ4v) is 1.92. The average Bonchev–Trinajstić information content (AvgIpc) is 2.23. The van der Waals surface area contributed by atoms with Gasteiger partial charge in [-0.25, -0.2) is 4.39 Å². The van der Waals surface area contributed by atoms with Crippen molar-refractivity contribution < 1.29 is 9.18 Å². The molecule has 2 rings (SSSR count). The molecule has 1 heterocycles. The van der Waals surface area contributed by atoms with Crippen molar-refractivity contribution in [1.29, 1.82) is 0 Å². The molecule has 4 heteroatoms. The minimum Gasteiger partial charge on any atom is -0.396 e. The van der Waals surface area contributed by atoms with Crippen LogP contribution in [0.2, 0.25) is 0 Å². The summed E-state index contributed by atoms with van der Waals surface area (Å²) in [6.07, 6.45) is 0.637. The first-order chi connectivity index (χ1) is 7.09. The third-order valence-corrected chi connectivity index (χ3v) is 2.84. The third-order valence-electron chi connectivity index (χ3n) is 2.84. The first kappa shape index (κ1) is 9.96. The van der Waals surface area contributed by atoms with Crippen molar-refractivity contribution in [3.05, 3.63) is 29.1 Å². The number of carbonyl (C=O) groups excluding carboxylic acids is 1. The Balaban J connectivity index is 2.36. The molecule has 1 aromatic rings. The molecule has 0 aromatic heterocycles. The Morgan fingerprint density at radius 1 is 1.53 bits per heavy atom. The van der Waals surface area contributed by atoms with Crippen molar-refractivity contribution in [1.82, 2.24) is 4.90 Å². The molecule has 0 spiro atoms. The molecule has 2 N–H and O–H groups in total. The van der Waals surface area contributed by atoms with Crippen LogP contribution in [0, 0.1) is 5.82 Å². The zero-order valence-corrected chi connectivity index (χ0v) is 8.59. The van der Waals surface area contributed by atoms with Crippen LogP contribution in [0.1, 0.15) is 18.1 Å². The Kier molecular flexibility index (Phi) is 2.34. The van der Waals surface area contributed by atoms with Crippen LogP contribution in [0.3, 0.4) is 0 Å². The van der Waals surface area contributed by atoms with Crippen molar-refractivity contribution in [2.45, 2.75) is 19.9 Å². The maximum absolute atomic E-state index is 13.2. The van der Waals surface area contributed by atoms with Gasteiger partial charge in [0, 0.05) is 20.0 Å². The SMILES string of the molecule is CC(=O)N1CCc2c(ccc(F)c2N)C1. The van der Waals surface area contributed by atoms with Crippen LogP contribution in [0.25, 0.3) is 0 Å². The van der Waals surface area contributed by atoms with Crippen molar-refractivity contribution in [2.75, 3.05) is 12.3 Å². The molecule has 1 amide bonds. The zero-order chi connectivity index (χ0) is 11.0. The van der Waals surface area contributed by atoms with E-state index in [-0.39, 0.29) is 17.4 Å². The van der Waals surface area contributed by atoms with Gasteiger partial charge < -0.3 is 10.6 Å². The summed E-state index contributed by atoms with van der Waals surface area (Å²) >= 11 is 0. The molecule has 3 nitrogen and oxygen atoms in total. The Morgan fingerprint density at radius 2 is 2.27 bits per heavy atom. The number of carbonyl (C=O) groups is 1. The van der Waals surface area contributed by atoms with Gasteiger partial charge in [0.15, 0.2) is 0 Å². The van der Waals surface area contributed by atoms with Crippen LogP contribution in [0.15, 0.2) is 12.1 Å². The summed E-state index contributed by atoms with van der Waals surface area (Å²) in [7, 11) is 0. The van der Waals surface area contributed by atoms with Crippen LogP contribution in [-0.4, -0.2) is 17.4 Å². The van der Waals surface area contributed by atoms with Crippen molar-refractivity contribution in [3.8, 4) is 0 Å². The molecular weight excluding hydrogens is 195 g/mol. The average molecular weight is 208 g/mol. The van der Waals surface area contributed by atoms with Crippen LogP contribution in [0.4, 0.5) is 10.1 Å². The largest absolute Gasteiger partial charge is 0.396 e. The van der Waals surface area contributed by atoms with E-state index < -0.39 is 0 Å². The van der Waals surface area contributed by atoms with E-state index in [1.165, 1.54) is 13.0 Å². The van der Waals surface area contributed by atoms with Crippen LogP contribution < -0.4 is 5.73 Å². The Labute approximate surface area is 87.7 Å². The van der Waals surface area contributed by atoms with Crippen LogP contribution >= 0.6 is 0 Å². The summed E-state index contributed by atoms with van der Waals surface area (Å²) in [6.45, 7) is 2.70. The molecule has 15 heavy (non-hydrogen) atoms. The van der Waals surface area contributed by atoms with E-state index in [2.05, 4.69) is 0 Å². The highest BCUT2D eigenvalue weighted by molar-refractivity contribution is 5.74. The molecule has 0 unspecified atom stereocenters. The van der Waals surface area contributed by atoms with E-state index in [1.54, 1.807) is 11.0 Å². The highest BCUT2D eigenvalue weighted by atomic mass is 19.1. The van der Waals surface area contributed by atoms with Crippen molar-refractivity contribution >= 4 is 11.6 Å². The highest BCUT2D eigenvalue weighted by Crippen LogP contribution is 2.26. The second kappa shape index (κ2) is 3.53. The van der Waals surface area contributed by atoms with E-state index in [1.807, 2.05) is 0 Å². The molecule has 0 radical (unpaired) electrons. The van der Waals surface area contributed by atoms with Gasteiger partial charge in [-0.05, 0) is 23.6 Å². The Bertz CT molecular complexity index is 417. The summed E-state index contributed by atoms with van der Waals surface area (Å²) in [5, 5.41) is 0. The molecule has 0 fully saturated rings. The van der Waals surface area contributed by atoms with Crippen LogP contribution in [0.5, 0.6) is 0 Å². The van der Waals surface area contributed by atoms with Gasteiger partial charge in [0.25, 0.3) is 0 Å². The number of nitrogens with two attached hydrogens (primary N) is 1. The number of nitrogen functional groups attached to an aromatic ring is 1. The standard InChI is InChI=1S/C11H13FN2O/c1-7(15)14-5-4-9-8(6-14)2-3-10(12)11(9)13/h2-3H,4-6,13H2,1H3. The number of halogens is 1. The normalized spacial score (nSPS) is 14.9. The molecule has 80 valence electrons. The smallest absolute Gasteiger partial charge is 0.219 e. The van der Waals surface area contributed by atoms with Gasteiger partial charge in [0.05, 0.1) is 5.69 Å². The third kappa shape index (κ3) is 1.67. The maximum atomic E-state index is 13.2. The fraction of sp³-hybridized carbons (Fsp3) is 0.364. The molecule has 0 bridgehead atoms. The van der Waals surface area contributed by atoms with Gasteiger partial charge in [-0.15, -0.1) is 0 Å². The number of rotatable bonds is 0. The number of hydrogen-bond acceptors (Lipinski definition) is 2. The lowest BCUT2D eigenvalue weighted by Crippen LogP contribution is -2.34. The summed E-state index contributed by atoms with van der Waals surface area (Å²) < 4.78 is 13.2. The zero-order valence-electron chi connectivity index (χ0n) is 8.59. The van der Waals surface area contributed by atoms with Gasteiger partial charge in [0.1, 0.15) is 5.82 Å². The van der Waals surface area contributed by atoms with Gasteiger partial charge in [-0.1, -0.05) is 6.07 Å². The topological polar surface area (TPSA) is 46.3 Å². The molecule has 1 aromatic carbocycles. The molecule has 1 aliphatic heterocycles. The van der Waals surface area contributed by atoms with Gasteiger partial charge in [-0.2, -0.15) is 0 Å². The minimum atomic E-state index is -0.370. The molecule has 1 aliphatic rings. The van der Waals surface area contributed by atoms with Crippen LogP contribution in [-0.2, 0) is 17.8 Å². The first-order valence-corrected chi connectivity index (χ1v) is 4.91. The highest BCUT2D eigenvalue weighted by Gasteiger charge is 2.20. The predicted octanol–water partition coefficient (Wildman–Crippen LogP) is 1.31. The molecule has 0 saturated carbocycles. The summed E-state index contributed by atoms with van der Waals surface area (Å²) in [5.41, 5.74) is 7.69. The lowest BCUT2D eigenvalue weighted by atomic mass is 9.97. The van der Waals surface area contributed by atoms with Crippen molar-refractivity contribution in [2.24, 2.45) is 0 Å². The minimum absolute atomic E-state index is 0.0450. The first-order valence-electron chi connectivity index (χ1n) is 4.91. The maximum Gasteiger partial charge on any atom is 0.219 e. The second-order valence-electron chi connectivity index (χ2n) is 3.79. The number of hydrogen-bond donors (Lipinski definition) is 1.